The number of amides is 1. The summed E-state index contributed by atoms with van der Waals surface area (Å²) in [6.45, 7) is 3.11. The lowest BCUT2D eigenvalue weighted by Gasteiger charge is -2.19. The van der Waals surface area contributed by atoms with Gasteiger partial charge >= 0.3 is 0 Å². The number of rotatable bonds is 8. The third-order valence-corrected chi connectivity index (χ3v) is 3.55. The minimum absolute atomic E-state index is 0.220. The van der Waals surface area contributed by atoms with Gasteiger partial charge in [-0.15, -0.1) is 0 Å². The van der Waals surface area contributed by atoms with Gasteiger partial charge in [-0.2, -0.15) is 0 Å². The average Bonchev–Trinajstić information content (AvgIpc) is 2.60. The standard InChI is InChI=1S/C19H24N2O3/c1-15(22)14-20-19(23)16-7-6-10-18(13-16)24-12-11-21(2)17-8-4-3-5-9-17/h3-10,13,15,22H,11-12,14H2,1-2H3,(H,20,23)/t15-/m0/s1. The van der Waals surface area contributed by atoms with Crippen molar-refractivity contribution in [1.29, 1.82) is 0 Å². The summed E-state index contributed by atoms with van der Waals surface area (Å²) in [7, 11) is 2.01. The number of nitrogens with zero attached hydrogens (tertiary/aromatic N) is 1. The molecule has 0 saturated heterocycles. The molecule has 2 N–H and O–H groups in total. The maximum absolute atomic E-state index is 12.0. The van der Waals surface area contributed by atoms with Crippen LogP contribution in [0.4, 0.5) is 5.69 Å². The van der Waals surface area contributed by atoms with Crippen molar-refractivity contribution >= 4 is 11.6 Å². The molecule has 1 atom stereocenters. The second kappa shape index (κ2) is 8.93. The second-order valence-corrected chi connectivity index (χ2v) is 5.69. The van der Waals surface area contributed by atoms with Crippen LogP contribution in [0.3, 0.4) is 0 Å². The molecule has 2 aromatic rings. The first-order chi connectivity index (χ1) is 11.6. The predicted molar refractivity (Wildman–Crippen MR) is 95.7 cm³/mol. The van der Waals surface area contributed by atoms with Crippen molar-refractivity contribution in [1.82, 2.24) is 5.32 Å². The molecule has 5 heteroatoms. The summed E-state index contributed by atoms with van der Waals surface area (Å²) in [6, 6.07) is 17.1. The van der Waals surface area contributed by atoms with Crippen molar-refractivity contribution in [3.05, 3.63) is 60.2 Å². The molecule has 0 heterocycles. The van der Waals surface area contributed by atoms with E-state index in [0.29, 0.717) is 17.9 Å². The highest BCUT2D eigenvalue weighted by atomic mass is 16.5. The fraction of sp³-hybridized carbons (Fsp3) is 0.316. The number of anilines is 1. The van der Waals surface area contributed by atoms with Crippen LogP contribution in [0.1, 0.15) is 17.3 Å². The van der Waals surface area contributed by atoms with Gasteiger partial charge in [0.15, 0.2) is 0 Å². The number of benzene rings is 2. The van der Waals surface area contributed by atoms with Crippen LogP contribution in [-0.4, -0.2) is 43.9 Å². The minimum Gasteiger partial charge on any atom is -0.492 e. The van der Waals surface area contributed by atoms with E-state index in [9.17, 15) is 9.90 Å². The summed E-state index contributed by atoms with van der Waals surface area (Å²) in [5, 5.41) is 11.9. The zero-order valence-corrected chi connectivity index (χ0v) is 14.1. The third-order valence-electron chi connectivity index (χ3n) is 3.55. The van der Waals surface area contributed by atoms with Crippen molar-refractivity contribution in [3.8, 4) is 5.75 Å². The predicted octanol–water partition coefficient (Wildman–Crippen LogP) is 2.31. The number of hydrogen-bond donors (Lipinski definition) is 2. The topological polar surface area (TPSA) is 61.8 Å². The normalized spacial score (nSPS) is 11.6. The van der Waals surface area contributed by atoms with Gasteiger partial charge in [0.05, 0.1) is 12.6 Å². The molecule has 2 aromatic carbocycles. The van der Waals surface area contributed by atoms with E-state index in [4.69, 9.17) is 4.74 Å². The fourth-order valence-electron chi connectivity index (χ4n) is 2.18. The van der Waals surface area contributed by atoms with Crippen LogP contribution in [0.15, 0.2) is 54.6 Å². The van der Waals surface area contributed by atoms with Crippen LogP contribution in [0, 0.1) is 0 Å². The Morgan fingerprint density at radius 3 is 2.67 bits per heavy atom. The van der Waals surface area contributed by atoms with Crippen LogP contribution in [0.2, 0.25) is 0 Å². The molecule has 128 valence electrons. The average molecular weight is 328 g/mol. The van der Waals surface area contributed by atoms with Gasteiger partial charge in [-0.05, 0) is 37.3 Å². The number of aliphatic hydroxyl groups excluding tert-OH is 1. The van der Waals surface area contributed by atoms with Gasteiger partial charge in [0.25, 0.3) is 5.91 Å². The monoisotopic (exact) mass is 328 g/mol. The van der Waals surface area contributed by atoms with Crippen molar-refractivity contribution < 1.29 is 14.6 Å². The van der Waals surface area contributed by atoms with Crippen molar-refractivity contribution in [2.45, 2.75) is 13.0 Å². The number of carbonyl (C=O) groups is 1. The van der Waals surface area contributed by atoms with Crippen molar-refractivity contribution in [2.75, 3.05) is 31.6 Å². The Kier molecular flexibility index (Phi) is 6.63. The molecule has 0 spiro atoms. The van der Waals surface area contributed by atoms with Crippen LogP contribution >= 0.6 is 0 Å². The summed E-state index contributed by atoms with van der Waals surface area (Å²) >= 11 is 0. The first-order valence-corrected chi connectivity index (χ1v) is 8.01. The number of likely N-dealkylation sites (N-methyl/N-ethyl adjacent to an activating group) is 1. The summed E-state index contributed by atoms with van der Waals surface area (Å²) in [6.07, 6.45) is -0.568. The van der Waals surface area contributed by atoms with Crippen molar-refractivity contribution in [3.63, 3.8) is 0 Å². The lowest BCUT2D eigenvalue weighted by Crippen LogP contribution is -2.30. The SMILES string of the molecule is C[C@H](O)CNC(=O)c1cccc(OCCN(C)c2ccccc2)c1. The molecular formula is C19H24N2O3. The van der Waals surface area contributed by atoms with Crippen molar-refractivity contribution in [2.24, 2.45) is 0 Å². The molecule has 0 aromatic heterocycles. The number of para-hydroxylation sites is 1. The summed E-state index contributed by atoms with van der Waals surface area (Å²) in [5.74, 6) is 0.434. The zero-order chi connectivity index (χ0) is 17.4. The van der Waals surface area contributed by atoms with Crippen LogP contribution in [0.25, 0.3) is 0 Å². The lowest BCUT2D eigenvalue weighted by atomic mass is 10.2. The van der Waals surface area contributed by atoms with E-state index in [1.807, 2.05) is 43.4 Å². The van der Waals surface area contributed by atoms with Gasteiger partial charge in [-0.25, -0.2) is 0 Å². The highest BCUT2D eigenvalue weighted by molar-refractivity contribution is 5.94. The van der Waals surface area contributed by atoms with E-state index in [2.05, 4.69) is 10.2 Å². The summed E-state index contributed by atoms with van der Waals surface area (Å²) < 4.78 is 5.74. The number of ether oxygens (including phenoxy) is 1. The van der Waals surface area contributed by atoms with Gasteiger partial charge in [0, 0.05) is 24.8 Å². The Hall–Kier alpha value is -2.53. The van der Waals surface area contributed by atoms with Gasteiger partial charge < -0.3 is 20.1 Å². The number of aliphatic hydroxyl groups is 1. The first kappa shape index (κ1) is 17.8. The zero-order valence-electron chi connectivity index (χ0n) is 14.1. The summed E-state index contributed by atoms with van der Waals surface area (Å²) in [4.78, 5) is 14.1. The minimum atomic E-state index is -0.568. The smallest absolute Gasteiger partial charge is 0.251 e. The van der Waals surface area contributed by atoms with Crippen LogP contribution < -0.4 is 15.0 Å². The number of hydrogen-bond acceptors (Lipinski definition) is 4. The molecule has 2 rings (SSSR count). The number of carbonyl (C=O) groups excluding carboxylic acids is 1. The second-order valence-electron chi connectivity index (χ2n) is 5.69. The first-order valence-electron chi connectivity index (χ1n) is 8.01. The Morgan fingerprint density at radius 1 is 1.21 bits per heavy atom. The molecule has 0 aliphatic rings. The van der Waals surface area contributed by atoms with E-state index in [0.717, 1.165) is 12.2 Å². The Labute approximate surface area is 142 Å². The Balaban J connectivity index is 1.85. The maximum atomic E-state index is 12.0. The van der Waals surface area contributed by atoms with E-state index in [-0.39, 0.29) is 12.5 Å². The molecule has 5 nitrogen and oxygen atoms in total. The van der Waals surface area contributed by atoms with E-state index in [1.54, 1.807) is 25.1 Å². The van der Waals surface area contributed by atoms with E-state index >= 15 is 0 Å². The van der Waals surface area contributed by atoms with E-state index in [1.165, 1.54) is 0 Å². The van der Waals surface area contributed by atoms with Crippen LogP contribution in [-0.2, 0) is 0 Å². The Bertz CT molecular complexity index is 644. The molecular weight excluding hydrogens is 304 g/mol. The largest absolute Gasteiger partial charge is 0.492 e. The van der Waals surface area contributed by atoms with Gasteiger partial charge in [0.2, 0.25) is 0 Å². The Morgan fingerprint density at radius 2 is 1.96 bits per heavy atom. The highest BCUT2D eigenvalue weighted by Gasteiger charge is 2.08. The molecule has 0 aliphatic carbocycles. The molecule has 0 bridgehead atoms. The summed E-state index contributed by atoms with van der Waals surface area (Å²) in [5.41, 5.74) is 1.65. The highest BCUT2D eigenvalue weighted by Crippen LogP contribution is 2.14. The van der Waals surface area contributed by atoms with Gasteiger partial charge in [-0.3, -0.25) is 4.79 Å². The van der Waals surface area contributed by atoms with E-state index < -0.39 is 6.10 Å². The third kappa shape index (κ3) is 5.59. The molecule has 0 aliphatic heterocycles. The van der Waals surface area contributed by atoms with Gasteiger partial charge in [0.1, 0.15) is 12.4 Å². The fourth-order valence-corrected chi connectivity index (χ4v) is 2.18. The molecule has 24 heavy (non-hydrogen) atoms. The molecule has 0 saturated carbocycles. The maximum Gasteiger partial charge on any atom is 0.251 e. The quantitative estimate of drug-likeness (QED) is 0.781. The lowest BCUT2D eigenvalue weighted by molar-refractivity contribution is 0.0923. The molecule has 1 amide bonds. The molecule has 0 unspecified atom stereocenters. The molecule has 0 fully saturated rings. The molecule has 0 radical (unpaired) electrons. The van der Waals surface area contributed by atoms with Gasteiger partial charge in [-0.1, -0.05) is 24.3 Å². The van der Waals surface area contributed by atoms with Crippen LogP contribution in [0.5, 0.6) is 5.75 Å². The number of nitrogens with one attached hydrogen (secondary N) is 1.